The van der Waals surface area contributed by atoms with Crippen LogP contribution in [0, 0.1) is 6.92 Å². The Balaban J connectivity index is 1.83. The lowest BCUT2D eigenvalue weighted by atomic mass is 10.3. The molecular weight excluding hydrogens is 282 g/mol. The number of hydrazine groups is 1. The summed E-state index contributed by atoms with van der Waals surface area (Å²) in [7, 11) is 0. The highest BCUT2D eigenvalue weighted by Crippen LogP contribution is 2.13. The van der Waals surface area contributed by atoms with Crippen LogP contribution in [0.3, 0.4) is 0 Å². The maximum absolute atomic E-state index is 11.6. The van der Waals surface area contributed by atoms with E-state index in [2.05, 4.69) is 16.2 Å². The lowest BCUT2D eigenvalue weighted by molar-refractivity contribution is 0.0909. The van der Waals surface area contributed by atoms with E-state index in [4.69, 9.17) is 16.0 Å². The van der Waals surface area contributed by atoms with Crippen LogP contribution < -0.4 is 16.2 Å². The number of urea groups is 1. The molecule has 0 atom stereocenters. The van der Waals surface area contributed by atoms with Gasteiger partial charge in [-0.25, -0.2) is 10.2 Å². The van der Waals surface area contributed by atoms with E-state index < -0.39 is 11.9 Å². The second-order valence-electron chi connectivity index (χ2n) is 3.95. The molecule has 0 fully saturated rings. The van der Waals surface area contributed by atoms with Crippen LogP contribution in [0.15, 0.2) is 40.8 Å². The summed E-state index contributed by atoms with van der Waals surface area (Å²) in [6, 6.07) is 9.15. The van der Waals surface area contributed by atoms with Crippen molar-refractivity contribution in [2.75, 3.05) is 5.32 Å². The SMILES string of the molecule is Cc1ccc(C(=O)NNC(=O)Nc2ccc(Cl)cc2)o1. The van der Waals surface area contributed by atoms with Gasteiger partial charge in [0.15, 0.2) is 5.76 Å². The number of furan rings is 1. The zero-order chi connectivity index (χ0) is 14.5. The summed E-state index contributed by atoms with van der Waals surface area (Å²) in [5.74, 6) is 0.194. The van der Waals surface area contributed by atoms with Gasteiger partial charge in [-0.15, -0.1) is 0 Å². The van der Waals surface area contributed by atoms with Crippen LogP contribution >= 0.6 is 11.6 Å². The summed E-state index contributed by atoms with van der Waals surface area (Å²) in [6.07, 6.45) is 0. The van der Waals surface area contributed by atoms with Crippen LogP contribution in [0.2, 0.25) is 5.02 Å². The van der Waals surface area contributed by atoms with Gasteiger partial charge in [0.25, 0.3) is 0 Å². The van der Waals surface area contributed by atoms with Crippen molar-refractivity contribution in [1.82, 2.24) is 10.9 Å². The highest BCUT2D eigenvalue weighted by molar-refractivity contribution is 6.30. The zero-order valence-corrected chi connectivity index (χ0v) is 11.3. The van der Waals surface area contributed by atoms with Gasteiger partial charge in [-0.3, -0.25) is 10.2 Å². The number of rotatable bonds is 2. The minimum absolute atomic E-state index is 0.120. The van der Waals surface area contributed by atoms with Crippen molar-refractivity contribution in [3.8, 4) is 0 Å². The third-order valence-corrected chi connectivity index (χ3v) is 2.61. The van der Waals surface area contributed by atoms with E-state index >= 15 is 0 Å². The molecule has 104 valence electrons. The van der Waals surface area contributed by atoms with Gasteiger partial charge < -0.3 is 9.73 Å². The Kier molecular flexibility index (Phi) is 4.27. The van der Waals surface area contributed by atoms with Crippen LogP contribution in [0.4, 0.5) is 10.5 Å². The molecule has 2 aromatic rings. The summed E-state index contributed by atoms with van der Waals surface area (Å²) in [6.45, 7) is 1.72. The first-order chi connectivity index (χ1) is 9.54. The molecule has 0 spiro atoms. The van der Waals surface area contributed by atoms with E-state index in [1.807, 2.05) is 0 Å². The van der Waals surface area contributed by atoms with Crippen LogP contribution in [-0.4, -0.2) is 11.9 Å². The molecule has 1 aromatic carbocycles. The lowest BCUT2D eigenvalue weighted by Gasteiger charge is -2.08. The summed E-state index contributed by atoms with van der Waals surface area (Å²) in [5.41, 5.74) is 4.98. The number of amides is 3. The molecule has 0 aliphatic rings. The van der Waals surface area contributed by atoms with Crippen LogP contribution in [0.5, 0.6) is 0 Å². The number of hydrogen-bond acceptors (Lipinski definition) is 3. The minimum Gasteiger partial charge on any atom is -0.456 e. The zero-order valence-electron chi connectivity index (χ0n) is 10.6. The quantitative estimate of drug-likeness (QED) is 0.744. The molecule has 0 aliphatic heterocycles. The van der Waals surface area contributed by atoms with Crippen molar-refractivity contribution in [2.24, 2.45) is 0 Å². The number of carbonyl (C=O) groups is 2. The first kappa shape index (κ1) is 14.0. The largest absolute Gasteiger partial charge is 0.456 e. The van der Waals surface area contributed by atoms with Gasteiger partial charge in [-0.2, -0.15) is 0 Å². The third kappa shape index (κ3) is 3.76. The van der Waals surface area contributed by atoms with Crippen molar-refractivity contribution in [2.45, 2.75) is 6.92 Å². The van der Waals surface area contributed by atoms with E-state index in [-0.39, 0.29) is 5.76 Å². The molecule has 1 aromatic heterocycles. The Morgan fingerprint density at radius 2 is 1.75 bits per heavy atom. The molecule has 0 saturated carbocycles. The predicted molar refractivity (Wildman–Crippen MR) is 74.5 cm³/mol. The average Bonchev–Trinajstić information content (AvgIpc) is 2.85. The molecule has 0 saturated heterocycles. The molecular formula is C13H12ClN3O3. The first-order valence-corrected chi connectivity index (χ1v) is 6.12. The number of anilines is 1. The summed E-state index contributed by atoms with van der Waals surface area (Å²) < 4.78 is 5.11. The van der Waals surface area contributed by atoms with Crippen molar-refractivity contribution >= 4 is 29.2 Å². The van der Waals surface area contributed by atoms with E-state index in [0.717, 1.165) is 0 Å². The van der Waals surface area contributed by atoms with Gasteiger partial charge in [-0.1, -0.05) is 11.6 Å². The predicted octanol–water partition coefficient (Wildman–Crippen LogP) is 2.71. The molecule has 3 amide bonds. The highest BCUT2D eigenvalue weighted by atomic mass is 35.5. The molecule has 6 nitrogen and oxygen atoms in total. The van der Waals surface area contributed by atoms with Crippen molar-refractivity contribution in [1.29, 1.82) is 0 Å². The van der Waals surface area contributed by atoms with Crippen LogP contribution in [0.25, 0.3) is 0 Å². The van der Waals surface area contributed by atoms with E-state index in [9.17, 15) is 9.59 Å². The smallest absolute Gasteiger partial charge is 0.337 e. The number of halogens is 1. The Hall–Kier alpha value is -2.47. The molecule has 2 rings (SSSR count). The summed E-state index contributed by atoms with van der Waals surface area (Å²) in [5, 5.41) is 3.09. The standard InChI is InChI=1S/C13H12ClN3O3/c1-8-2-7-11(20-8)12(18)16-17-13(19)15-10-5-3-9(14)4-6-10/h2-7H,1H3,(H,16,18)(H2,15,17,19). The minimum atomic E-state index is -0.580. The molecule has 0 radical (unpaired) electrons. The third-order valence-electron chi connectivity index (χ3n) is 2.36. The Labute approximate surface area is 120 Å². The van der Waals surface area contributed by atoms with Crippen LogP contribution in [0.1, 0.15) is 16.3 Å². The first-order valence-electron chi connectivity index (χ1n) is 5.74. The fraction of sp³-hybridized carbons (Fsp3) is 0.0769. The number of carbonyl (C=O) groups excluding carboxylic acids is 2. The number of nitrogens with one attached hydrogen (secondary N) is 3. The van der Waals surface area contributed by atoms with Crippen LogP contribution in [-0.2, 0) is 0 Å². The topological polar surface area (TPSA) is 83.4 Å². The van der Waals surface area contributed by atoms with Gasteiger partial charge in [0.05, 0.1) is 0 Å². The molecule has 3 N–H and O–H groups in total. The number of aryl methyl sites for hydroxylation is 1. The molecule has 1 heterocycles. The van der Waals surface area contributed by atoms with Gasteiger partial charge in [0, 0.05) is 10.7 Å². The maximum atomic E-state index is 11.6. The Morgan fingerprint density at radius 1 is 1.05 bits per heavy atom. The van der Waals surface area contributed by atoms with Crippen molar-refractivity contribution in [3.05, 3.63) is 52.9 Å². The summed E-state index contributed by atoms with van der Waals surface area (Å²) in [4.78, 5) is 23.1. The van der Waals surface area contributed by atoms with Crippen molar-refractivity contribution in [3.63, 3.8) is 0 Å². The van der Waals surface area contributed by atoms with Gasteiger partial charge in [0.2, 0.25) is 0 Å². The monoisotopic (exact) mass is 293 g/mol. The van der Waals surface area contributed by atoms with E-state index in [1.54, 1.807) is 37.3 Å². The molecule has 0 bridgehead atoms. The fourth-order valence-electron chi connectivity index (χ4n) is 1.43. The maximum Gasteiger partial charge on any atom is 0.337 e. The van der Waals surface area contributed by atoms with Crippen molar-refractivity contribution < 1.29 is 14.0 Å². The van der Waals surface area contributed by atoms with E-state index in [1.165, 1.54) is 6.07 Å². The Morgan fingerprint density at radius 3 is 2.35 bits per heavy atom. The second-order valence-corrected chi connectivity index (χ2v) is 4.39. The fourth-order valence-corrected chi connectivity index (χ4v) is 1.55. The molecule has 7 heteroatoms. The van der Waals surface area contributed by atoms with Gasteiger partial charge in [0.1, 0.15) is 5.76 Å². The number of benzene rings is 1. The van der Waals surface area contributed by atoms with Gasteiger partial charge in [-0.05, 0) is 43.3 Å². The Bertz CT molecular complexity index is 622. The number of hydrogen-bond donors (Lipinski definition) is 3. The normalized spacial score (nSPS) is 9.90. The lowest BCUT2D eigenvalue weighted by Crippen LogP contribution is -2.43. The summed E-state index contributed by atoms with van der Waals surface area (Å²) >= 11 is 5.72. The molecule has 20 heavy (non-hydrogen) atoms. The van der Waals surface area contributed by atoms with Gasteiger partial charge >= 0.3 is 11.9 Å². The molecule has 0 unspecified atom stereocenters. The molecule has 0 aliphatic carbocycles. The second kappa shape index (κ2) is 6.12. The average molecular weight is 294 g/mol. The van der Waals surface area contributed by atoms with E-state index in [0.29, 0.717) is 16.5 Å². The highest BCUT2D eigenvalue weighted by Gasteiger charge is 2.10.